The zero-order chi connectivity index (χ0) is 22.5. The fraction of sp³-hybridized carbons (Fsp3) is 0.500. The van der Waals surface area contributed by atoms with E-state index in [0.717, 1.165) is 61.3 Å². The Morgan fingerprint density at radius 1 is 1.16 bits per heavy atom. The Morgan fingerprint density at radius 2 is 1.94 bits per heavy atom. The lowest BCUT2D eigenvalue weighted by Crippen LogP contribution is -2.53. The van der Waals surface area contributed by atoms with E-state index in [1.54, 1.807) is 7.11 Å². The average molecular weight is 455 g/mol. The number of fused-ring (bicyclic) bond motifs is 4. The predicted octanol–water partition coefficient (Wildman–Crippen LogP) is 5.46. The summed E-state index contributed by atoms with van der Waals surface area (Å²) in [5, 5.41) is 3.86. The first-order valence-corrected chi connectivity index (χ1v) is 11.9. The molecular weight excluding hydrogens is 424 g/mol. The summed E-state index contributed by atoms with van der Waals surface area (Å²) in [7, 11) is 1.64. The fourth-order valence-corrected chi connectivity index (χ4v) is 5.97. The van der Waals surface area contributed by atoms with Crippen molar-refractivity contribution in [3.8, 4) is 16.9 Å². The molecule has 1 aliphatic carbocycles. The second kappa shape index (κ2) is 8.27. The molecule has 1 unspecified atom stereocenters. The first kappa shape index (κ1) is 21.6. The number of hydrogen-bond donors (Lipinski definition) is 1. The summed E-state index contributed by atoms with van der Waals surface area (Å²) in [6, 6.07) is 12.1. The van der Waals surface area contributed by atoms with E-state index in [1.165, 1.54) is 5.56 Å². The van der Waals surface area contributed by atoms with Crippen LogP contribution in [0.15, 0.2) is 36.4 Å². The number of nitrogens with zero attached hydrogens (tertiary/aromatic N) is 1. The predicted molar refractivity (Wildman–Crippen MR) is 126 cm³/mol. The molecule has 5 nitrogen and oxygen atoms in total. The molecule has 2 atom stereocenters. The number of ether oxygens (including phenoxy) is 2. The van der Waals surface area contributed by atoms with E-state index in [4.69, 9.17) is 21.1 Å². The van der Waals surface area contributed by atoms with Crippen molar-refractivity contribution in [2.75, 3.05) is 26.7 Å². The summed E-state index contributed by atoms with van der Waals surface area (Å²) in [5.74, 6) is 1.25. The van der Waals surface area contributed by atoms with Gasteiger partial charge < -0.3 is 14.8 Å². The summed E-state index contributed by atoms with van der Waals surface area (Å²) in [4.78, 5) is 15.3. The molecule has 4 aliphatic rings. The Morgan fingerprint density at radius 3 is 2.59 bits per heavy atom. The highest BCUT2D eigenvalue weighted by molar-refractivity contribution is 6.33. The van der Waals surface area contributed by atoms with Gasteiger partial charge in [0, 0.05) is 12.1 Å². The molecular formula is C26H31ClN2O3. The van der Waals surface area contributed by atoms with Crippen molar-refractivity contribution in [3.63, 3.8) is 0 Å². The zero-order valence-corrected chi connectivity index (χ0v) is 19.7. The lowest BCUT2D eigenvalue weighted by molar-refractivity contribution is -0.0348. The minimum Gasteiger partial charge on any atom is -0.497 e. The van der Waals surface area contributed by atoms with Gasteiger partial charge in [-0.1, -0.05) is 43.6 Å². The molecule has 3 aliphatic heterocycles. The third-order valence-electron chi connectivity index (χ3n) is 7.49. The van der Waals surface area contributed by atoms with E-state index in [9.17, 15) is 4.79 Å². The lowest BCUT2D eigenvalue weighted by Gasteiger charge is -2.44. The third kappa shape index (κ3) is 3.97. The van der Waals surface area contributed by atoms with Crippen LogP contribution in [0.4, 0.5) is 4.79 Å². The molecule has 3 fully saturated rings. The van der Waals surface area contributed by atoms with E-state index in [1.807, 2.05) is 18.2 Å². The van der Waals surface area contributed by atoms with Crippen LogP contribution in [0.3, 0.4) is 0 Å². The Kier molecular flexibility index (Phi) is 5.58. The maximum Gasteiger partial charge on any atom is 0.407 e. The molecule has 6 rings (SSSR count). The minimum absolute atomic E-state index is 0.0149. The number of carbonyl (C=O) groups is 1. The molecule has 2 aromatic rings. The quantitative estimate of drug-likeness (QED) is 0.666. The number of halogens is 1. The summed E-state index contributed by atoms with van der Waals surface area (Å²) in [5.41, 5.74) is 4.36. The highest BCUT2D eigenvalue weighted by Gasteiger charge is 2.42. The van der Waals surface area contributed by atoms with Crippen LogP contribution >= 0.6 is 11.6 Å². The van der Waals surface area contributed by atoms with Crippen LogP contribution < -0.4 is 10.1 Å². The largest absolute Gasteiger partial charge is 0.497 e. The van der Waals surface area contributed by atoms with Crippen LogP contribution in [0.1, 0.15) is 43.9 Å². The Bertz CT molecular complexity index is 1030. The molecule has 3 heterocycles. The second-order valence-electron chi connectivity index (χ2n) is 10.1. The van der Waals surface area contributed by atoms with E-state index in [-0.39, 0.29) is 23.7 Å². The smallest absolute Gasteiger partial charge is 0.407 e. The van der Waals surface area contributed by atoms with Crippen LogP contribution in [0.25, 0.3) is 11.1 Å². The molecule has 0 spiro atoms. The molecule has 6 heteroatoms. The van der Waals surface area contributed by atoms with Crippen molar-refractivity contribution >= 4 is 17.7 Å². The molecule has 2 aromatic carbocycles. The number of amides is 1. The first-order chi connectivity index (χ1) is 15.3. The van der Waals surface area contributed by atoms with Gasteiger partial charge in [-0.25, -0.2) is 4.79 Å². The van der Waals surface area contributed by atoms with Gasteiger partial charge in [-0.05, 0) is 78.6 Å². The SMILES string of the molecule is COc1ccc(-c2ccc3c(c2)CC(C)(C)C3NC(=O)O[C@@H]2CN3CCC2CC3)c(Cl)c1. The molecule has 170 valence electrons. The van der Waals surface area contributed by atoms with Gasteiger partial charge >= 0.3 is 6.09 Å². The van der Waals surface area contributed by atoms with E-state index in [0.29, 0.717) is 10.9 Å². The normalized spacial score (nSPS) is 27.6. The van der Waals surface area contributed by atoms with Gasteiger partial charge in [0.25, 0.3) is 0 Å². The number of nitrogens with one attached hydrogen (secondary N) is 1. The van der Waals surface area contributed by atoms with E-state index >= 15 is 0 Å². The summed E-state index contributed by atoms with van der Waals surface area (Å²) >= 11 is 6.51. The molecule has 0 radical (unpaired) electrons. The van der Waals surface area contributed by atoms with E-state index < -0.39 is 0 Å². The number of piperidine rings is 3. The molecule has 1 amide bonds. The van der Waals surface area contributed by atoms with Crippen LogP contribution in [0.2, 0.25) is 5.02 Å². The van der Waals surface area contributed by atoms with Crippen molar-refractivity contribution in [1.29, 1.82) is 0 Å². The van der Waals surface area contributed by atoms with Crippen LogP contribution in [0, 0.1) is 11.3 Å². The lowest BCUT2D eigenvalue weighted by atomic mass is 9.85. The standard InChI is InChI=1S/C26H31ClN2O3/c1-26(2)14-18-12-17(20-7-5-19(31-3)13-22(20)27)4-6-21(18)24(26)28-25(30)32-23-15-29-10-8-16(23)9-11-29/h4-7,12-13,16,23-24H,8-11,14-15H2,1-3H3,(H,28,30)/t23-,24?/m1/s1. The average Bonchev–Trinajstić information content (AvgIpc) is 3.03. The molecule has 0 saturated carbocycles. The zero-order valence-electron chi connectivity index (χ0n) is 19.0. The molecule has 3 saturated heterocycles. The number of benzene rings is 2. The number of methoxy groups -OCH3 is 1. The van der Waals surface area contributed by atoms with Gasteiger partial charge in [0.15, 0.2) is 0 Å². The van der Waals surface area contributed by atoms with Crippen molar-refractivity contribution < 1.29 is 14.3 Å². The highest BCUT2D eigenvalue weighted by Crippen LogP contribution is 2.47. The Labute approximate surface area is 195 Å². The summed E-state index contributed by atoms with van der Waals surface area (Å²) in [6.07, 6.45) is 2.87. The van der Waals surface area contributed by atoms with Crippen LogP contribution in [-0.2, 0) is 11.2 Å². The van der Waals surface area contributed by atoms with Gasteiger partial charge in [-0.3, -0.25) is 4.90 Å². The summed E-state index contributed by atoms with van der Waals surface area (Å²) < 4.78 is 11.2. The maximum atomic E-state index is 12.9. The van der Waals surface area contributed by atoms with Gasteiger partial charge in [0.2, 0.25) is 0 Å². The Balaban J connectivity index is 1.34. The number of alkyl carbamates (subject to hydrolysis) is 1. The van der Waals surface area contributed by atoms with Crippen LogP contribution in [-0.4, -0.2) is 43.8 Å². The number of rotatable bonds is 4. The van der Waals surface area contributed by atoms with Crippen molar-refractivity contribution in [2.24, 2.45) is 11.3 Å². The minimum atomic E-state index is -0.294. The molecule has 32 heavy (non-hydrogen) atoms. The third-order valence-corrected chi connectivity index (χ3v) is 7.80. The van der Waals surface area contributed by atoms with Crippen molar-refractivity contribution in [1.82, 2.24) is 10.2 Å². The van der Waals surface area contributed by atoms with E-state index in [2.05, 4.69) is 42.3 Å². The number of hydrogen-bond acceptors (Lipinski definition) is 4. The molecule has 1 N–H and O–H groups in total. The second-order valence-corrected chi connectivity index (χ2v) is 10.5. The van der Waals surface area contributed by atoms with Gasteiger partial charge in [0.1, 0.15) is 11.9 Å². The van der Waals surface area contributed by atoms with Gasteiger partial charge in [-0.15, -0.1) is 0 Å². The van der Waals surface area contributed by atoms with Crippen LogP contribution in [0.5, 0.6) is 5.75 Å². The molecule has 2 bridgehead atoms. The fourth-order valence-electron chi connectivity index (χ4n) is 5.69. The first-order valence-electron chi connectivity index (χ1n) is 11.5. The Hall–Kier alpha value is -2.24. The maximum absolute atomic E-state index is 12.9. The van der Waals surface area contributed by atoms with Gasteiger partial charge in [-0.2, -0.15) is 0 Å². The number of carbonyl (C=O) groups excluding carboxylic acids is 1. The monoisotopic (exact) mass is 454 g/mol. The summed E-state index contributed by atoms with van der Waals surface area (Å²) in [6.45, 7) is 7.54. The van der Waals surface area contributed by atoms with Crippen molar-refractivity contribution in [2.45, 2.75) is 45.3 Å². The van der Waals surface area contributed by atoms with Crippen molar-refractivity contribution in [3.05, 3.63) is 52.5 Å². The van der Waals surface area contributed by atoms with Gasteiger partial charge in [0.05, 0.1) is 18.2 Å². The highest BCUT2D eigenvalue weighted by atomic mass is 35.5. The topological polar surface area (TPSA) is 50.8 Å². The molecule has 0 aromatic heterocycles.